The predicted octanol–water partition coefficient (Wildman–Crippen LogP) is 4.88. The Morgan fingerprint density at radius 1 is 0.912 bits per heavy atom. The Morgan fingerprint density at radius 3 is 2.38 bits per heavy atom. The minimum Gasteiger partial charge on any atom is -0.296 e. The number of anilines is 1. The molecule has 2 heterocycles. The fraction of sp³-hybridized carbons (Fsp3) is 0.0769. The first kappa shape index (κ1) is 21.7. The van der Waals surface area contributed by atoms with Gasteiger partial charge < -0.3 is 0 Å². The van der Waals surface area contributed by atoms with E-state index in [1.165, 1.54) is 28.2 Å². The number of benzene rings is 3. The first-order valence-electron chi connectivity index (χ1n) is 10.6. The van der Waals surface area contributed by atoms with Gasteiger partial charge in [0.1, 0.15) is 5.82 Å². The maximum atomic E-state index is 13.2. The summed E-state index contributed by atoms with van der Waals surface area (Å²) in [4.78, 5) is 31.4. The number of halogens is 1. The van der Waals surface area contributed by atoms with Gasteiger partial charge in [0.05, 0.1) is 11.9 Å². The molecule has 0 aliphatic heterocycles. The highest BCUT2D eigenvalue weighted by Gasteiger charge is 2.18. The standard InChI is InChI=1S/C26H19FN4O2S/c27-19-12-10-17(11-13-19)14-20-15-28-26(34-20)29-24(32)23-21-8-4-5-9-22(21)25(33)31(30-23)16-18-6-2-1-3-7-18/h1-13,15H,14,16H2,(H,28,29,32). The van der Waals surface area contributed by atoms with E-state index in [1.54, 1.807) is 42.6 Å². The number of hydrogen-bond acceptors (Lipinski definition) is 5. The first-order valence-corrected chi connectivity index (χ1v) is 11.4. The Bertz CT molecular complexity index is 1530. The van der Waals surface area contributed by atoms with Gasteiger partial charge in [-0.3, -0.25) is 14.9 Å². The number of thiazole rings is 1. The third kappa shape index (κ3) is 4.62. The van der Waals surface area contributed by atoms with Crippen LogP contribution in [0.5, 0.6) is 0 Å². The predicted molar refractivity (Wildman–Crippen MR) is 131 cm³/mol. The molecule has 8 heteroatoms. The topological polar surface area (TPSA) is 76.9 Å². The molecule has 1 amide bonds. The molecule has 0 saturated carbocycles. The van der Waals surface area contributed by atoms with Gasteiger partial charge in [-0.15, -0.1) is 11.3 Å². The van der Waals surface area contributed by atoms with Gasteiger partial charge in [-0.25, -0.2) is 14.1 Å². The molecule has 2 aromatic heterocycles. The van der Waals surface area contributed by atoms with Crippen LogP contribution in [0.2, 0.25) is 0 Å². The number of aromatic nitrogens is 3. The van der Waals surface area contributed by atoms with Gasteiger partial charge in [0.25, 0.3) is 11.5 Å². The van der Waals surface area contributed by atoms with E-state index in [0.717, 1.165) is 16.0 Å². The zero-order valence-corrected chi connectivity index (χ0v) is 18.8. The molecule has 0 aliphatic rings. The molecule has 0 bridgehead atoms. The molecule has 5 rings (SSSR count). The lowest BCUT2D eigenvalue weighted by molar-refractivity contribution is 0.102. The summed E-state index contributed by atoms with van der Waals surface area (Å²) in [5, 5.41) is 8.55. The van der Waals surface area contributed by atoms with Crippen LogP contribution in [0, 0.1) is 5.82 Å². The number of hydrogen-bond donors (Lipinski definition) is 1. The van der Waals surface area contributed by atoms with Gasteiger partial charge in [-0.05, 0) is 29.3 Å². The Balaban J connectivity index is 1.43. The molecular formula is C26H19FN4O2S. The molecule has 0 radical (unpaired) electrons. The van der Waals surface area contributed by atoms with Crippen LogP contribution in [0.3, 0.4) is 0 Å². The van der Waals surface area contributed by atoms with E-state index in [4.69, 9.17) is 0 Å². The molecule has 0 unspecified atom stereocenters. The highest BCUT2D eigenvalue weighted by molar-refractivity contribution is 7.15. The molecule has 1 N–H and O–H groups in total. The van der Waals surface area contributed by atoms with Crippen LogP contribution in [0.15, 0.2) is 89.9 Å². The zero-order chi connectivity index (χ0) is 23.5. The van der Waals surface area contributed by atoms with E-state index < -0.39 is 5.91 Å². The molecule has 6 nitrogen and oxygen atoms in total. The summed E-state index contributed by atoms with van der Waals surface area (Å²) >= 11 is 1.34. The van der Waals surface area contributed by atoms with E-state index >= 15 is 0 Å². The second-order valence-electron chi connectivity index (χ2n) is 7.73. The van der Waals surface area contributed by atoms with Crippen molar-refractivity contribution in [3.8, 4) is 0 Å². The Kier molecular flexibility index (Phi) is 5.97. The van der Waals surface area contributed by atoms with Crippen LogP contribution in [0.1, 0.15) is 26.5 Å². The summed E-state index contributed by atoms with van der Waals surface area (Å²) in [5.74, 6) is -0.727. The Hall–Kier alpha value is -4.17. The molecular weight excluding hydrogens is 451 g/mol. The van der Waals surface area contributed by atoms with E-state index in [2.05, 4.69) is 15.4 Å². The number of carbonyl (C=O) groups is 1. The minimum absolute atomic E-state index is 0.154. The second kappa shape index (κ2) is 9.36. The van der Waals surface area contributed by atoms with Gasteiger partial charge in [0, 0.05) is 22.9 Å². The van der Waals surface area contributed by atoms with Crippen LogP contribution in [0.25, 0.3) is 10.8 Å². The van der Waals surface area contributed by atoms with E-state index in [9.17, 15) is 14.0 Å². The van der Waals surface area contributed by atoms with Crippen molar-refractivity contribution in [2.45, 2.75) is 13.0 Å². The summed E-state index contributed by atoms with van der Waals surface area (Å²) in [5.41, 5.74) is 1.75. The third-order valence-corrected chi connectivity index (χ3v) is 6.24. The molecule has 168 valence electrons. The van der Waals surface area contributed by atoms with Crippen molar-refractivity contribution in [3.05, 3.63) is 123 Å². The number of amides is 1. The fourth-order valence-corrected chi connectivity index (χ4v) is 4.51. The monoisotopic (exact) mass is 470 g/mol. The smallest absolute Gasteiger partial charge is 0.278 e. The molecule has 34 heavy (non-hydrogen) atoms. The van der Waals surface area contributed by atoms with Crippen LogP contribution >= 0.6 is 11.3 Å². The second-order valence-corrected chi connectivity index (χ2v) is 8.85. The van der Waals surface area contributed by atoms with Crippen molar-refractivity contribution in [2.24, 2.45) is 0 Å². The van der Waals surface area contributed by atoms with E-state index in [0.29, 0.717) is 22.3 Å². The largest absolute Gasteiger partial charge is 0.296 e. The third-order valence-electron chi connectivity index (χ3n) is 5.32. The van der Waals surface area contributed by atoms with Crippen LogP contribution < -0.4 is 10.9 Å². The number of nitrogens with one attached hydrogen (secondary N) is 1. The molecule has 0 spiro atoms. The van der Waals surface area contributed by atoms with Gasteiger partial charge in [-0.2, -0.15) is 5.10 Å². The van der Waals surface area contributed by atoms with Crippen LogP contribution in [-0.4, -0.2) is 20.7 Å². The summed E-state index contributed by atoms with van der Waals surface area (Å²) in [6.07, 6.45) is 2.27. The average molecular weight is 471 g/mol. The molecule has 0 aliphatic carbocycles. The Labute approximate surface area is 198 Å². The summed E-state index contributed by atoms with van der Waals surface area (Å²) in [7, 11) is 0. The van der Waals surface area contributed by atoms with Gasteiger partial charge in [-0.1, -0.05) is 60.7 Å². The van der Waals surface area contributed by atoms with E-state index in [-0.39, 0.29) is 23.6 Å². The van der Waals surface area contributed by atoms with E-state index in [1.807, 2.05) is 30.3 Å². The number of fused-ring (bicyclic) bond motifs is 1. The van der Waals surface area contributed by atoms with Gasteiger partial charge in [0.15, 0.2) is 10.8 Å². The summed E-state index contributed by atoms with van der Waals surface area (Å²) < 4.78 is 14.5. The SMILES string of the molecule is O=C(Nc1ncc(Cc2ccc(F)cc2)s1)c1nn(Cc2ccccc2)c(=O)c2ccccc12. The maximum Gasteiger partial charge on any atom is 0.278 e. The van der Waals surface area contributed by atoms with Crippen molar-refractivity contribution in [3.63, 3.8) is 0 Å². The van der Waals surface area contributed by atoms with Crippen molar-refractivity contribution in [1.82, 2.24) is 14.8 Å². The minimum atomic E-state index is -0.444. The fourth-order valence-electron chi connectivity index (χ4n) is 3.67. The van der Waals surface area contributed by atoms with Crippen molar-refractivity contribution in [2.75, 3.05) is 5.32 Å². The Morgan fingerprint density at radius 2 is 1.62 bits per heavy atom. The number of carbonyl (C=O) groups excluding carboxylic acids is 1. The lowest BCUT2D eigenvalue weighted by atomic mass is 10.1. The molecule has 0 fully saturated rings. The molecule has 0 atom stereocenters. The normalized spacial score (nSPS) is 11.0. The highest BCUT2D eigenvalue weighted by Crippen LogP contribution is 2.23. The molecule has 5 aromatic rings. The number of nitrogens with zero attached hydrogens (tertiary/aromatic N) is 3. The first-order chi connectivity index (χ1) is 16.6. The molecule has 0 saturated heterocycles. The van der Waals surface area contributed by atoms with Gasteiger partial charge in [0.2, 0.25) is 0 Å². The lowest BCUT2D eigenvalue weighted by Crippen LogP contribution is -2.28. The van der Waals surface area contributed by atoms with Crippen LogP contribution in [0.4, 0.5) is 9.52 Å². The van der Waals surface area contributed by atoms with Crippen molar-refractivity contribution in [1.29, 1.82) is 0 Å². The van der Waals surface area contributed by atoms with Crippen molar-refractivity contribution < 1.29 is 9.18 Å². The number of rotatable bonds is 6. The average Bonchev–Trinajstić information content (AvgIpc) is 3.29. The van der Waals surface area contributed by atoms with Gasteiger partial charge >= 0.3 is 0 Å². The zero-order valence-electron chi connectivity index (χ0n) is 17.9. The van der Waals surface area contributed by atoms with Crippen molar-refractivity contribution >= 4 is 33.1 Å². The summed E-state index contributed by atoms with van der Waals surface area (Å²) in [6, 6.07) is 22.7. The van der Waals surface area contributed by atoms with Crippen LogP contribution in [-0.2, 0) is 13.0 Å². The highest BCUT2D eigenvalue weighted by atomic mass is 32.1. The quantitative estimate of drug-likeness (QED) is 0.384. The lowest BCUT2D eigenvalue weighted by Gasteiger charge is -2.10. The maximum absolute atomic E-state index is 13.2. The molecule has 3 aromatic carbocycles. The summed E-state index contributed by atoms with van der Waals surface area (Å²) in [6.45, 7) is 0.254.